The monoisotopic (exact) mass is 451 g/mol. The number of sulfonamides is 1. The van der Waals surface area contributed by atoms with Crippen LogP contribution in [-0.2, 0) is 24.3 Å². The van der Waals surface area contributed by atoms with Gasteiger partial charge in [-0.2, -0.15) is 4.31 Å². The summed E-state index contributed by atoms with van der Waals surface area (Å²) < 4.78 is 31.8. The maximum Gasteiger partial charge on any atom is 0.246 e. The summed E-state index contributed by atoms with van der Waals surface area (Å²) in [7, 11) is -2.32. The number of hydrogen-bond donors (Lipinski definition) is 2. The molecule has 156 valence electrons. The van der Waals surface area contributed by atoms with Crippen LogP contribution in [0.4, 0.5) is 0 Å². The Balaban J connectivity index is 1.88. The van der Waals surface area contributed by atoms with E-state index in [9.17, 15) is 18.0 Å². The number of piperidine rings is 1. The zero-order valence-electron chi connectivity index (χ0n) is 15.4. The van der Waals surface area contributed by atoms with Crippen molar-refractivity contribution in [1.29, 1.82) is 0 Å². The summed E-state index contributed by atoms with van der Waals surface area (Å²) in [5.74, 6) is -0.937. The van der Waals surface area contributed by atoms with E-state index in [0.29, 0.717) is 26.0 Å². The van der Waals surface area contributed by atoms with E-state index in [1.165, 1.54) is 23.5 Å². The Hall–Kier alpha value is -1.39. The van der Waals surface area contributed by atoms with E-state index < -0.39 is 10.0 Å². The Labute approximate surface area is 174 Å². The van der Waals surface area contributed by atoms with Gasteiger partial charge in [-0.05, 0) is 25.0 Å². The van der Waals surface area contributed by atoms with Crippen LogP contribution in [0, 0.1) is 5.92 Å². The molecule has 1 aromatic rings. The lowest BCUT2D eigenvalue weighted by Gasteiger charge is -2.31. The van der Waals surface area contributed by atoms with Crippen molar-refractivity contribution in [1.82, 2.24) is 14.9 Å². The molecular formula is C17H23Cl2N3O5S. The first-order valence-electron chi connectivity index (χ1n) is 8.75. The van der Waals surface area contributed by atoms with Crippen molar-refractivity contribution in [2.75, 3.05) is 39.9 Å². The molecule has 1 fully saturated rings. The van der Waals surface area contributed by atoms with Gasteiger partial charge in [-0.3, -0.25) is 9.59 Å². The number of carbonyl (C=O) groups excluding carboxylic acids is 2. The van der Waals surface area contributed by atoms with Gasteiger partial charge in [0.1, 0.15) is 4.90 Å². The van der Waals surface area contributed by atoms with Gasteiger partial charge in [0.15, 0.2) is 0 Å². The van der Waals surface area contributed by atoms with Gasteiger partial charge in [-0.15, -0.1) is 0 Å². The van der Waals surface area contributed by atoms with Gasteiger partial charge in [0.25, 0.3) is 0 Å². The summed E-state index contributed by atoms with van der Waals surface area (Å²) in [6.45, 7) is 0.967. The van der Waals surface area contributed by atoms with Crippen molar-refractivity contribution in [3.05, 3.63) is 28.2 Å². The highest BCUT2D eigenvalue weighted by molar-refractivity contribution is 7.89. The molecule has 28 heavy (non-hydrogen) atoms. The molecule has 8 nitrogen and oxygen atoms in total. The number of carbonyl (C=O) groups is 2. The first-order chi connectivity index (χ1) is 13.3. The largest absolute Gasteiger partial charge is 0.383 e. The van der Waals surface area contributed by atoms with Crippen molar-refractivity contribution in [2.45, 2.75) is 17.7 Å². The van der Waals surface area contributed by atoms with Crippen LogP contribution in [-0.4, -0.2) is 64.4 Å². The first kappa shape index (κ1) is 22.9. The van der Waals surface area contributed by atoms with Crippen LogP contribution in [0.1, 0.15) is 12.8 Å². The lowest BCUT2D eigenvalue weighted by molar-refractivity contribution is -0.129. The molecule has 2 rings (SSSR count). The number of amides is 2. The minimum absolute atomic E-state index is 0.0619. The Bertz CT molecular complexity index is 791. The van der Waals surface area contributed by atoms with Crippen LogP contribution in [0.3, 0.4) is 0 Å². The predicted molar refractivity (Wildman–Crippen MR) is 106 cm³/mol. The van der Waals surface area contributed by atoms with E-state index in [-0.39, 0.29) is 52.3 Å². The Kier molecular flexibility index (Phi) is 8.51. The van der Waals surface area contributed by atoms with Gasteiger partial charge < -0.3 is 15.4 Å². The molecule has 2 N–H and O–H groups in total. The van der Waals surface area contributed by atoms with Gasteiger partial charge in [0.2, 0.25) is 21.8 Å². The van der Waals surface area contributed by atoms with Crippen molar-refractivity contribution in [2.24, 2.45) is 5.92 Å². The van der Waals surface area contributed by atoms with Crippen molar-refractivity contribution in [3.63, 3.8) is 0 Å². The fourth-order valence-electron chi connectivity index (χ4n) is 2.88. The topological polar surface area (TPSA) is 105 Å². The van der Waals surface area contributed by atoms with Gasteiger partial charge in [0.05, 0.1) is 23.2 Å². The molecule has 0 aliphatic carbocycles. The molecular weight excluding hydrogens is 429 g/mol. The smallest absolute Gasteiger partial charge is 0.246 e. The molecule has 0 bridgehead atoms. The lowest BCUT2D eigenvalue weighted by atomic mass is 9.97. The highest BCUT2D eigenvalue weighted by atomic mass is 35.5. The minimum atomic E-state index is -3.85. The highest BCUT2D eigenvalue weighted by Gasteiger charge is 2.34. The predicted octanol–water partition coefficient (Wildman–Crippen LogP) is 1.27. The highest BCUT2D eigenvalue weighted by Crippen LogP contribution is 2.33. The molecule has 0 aromatic heterocycles. The summed E-state index contributed by atoms with van der Waals surface area (Å²) in [6.07, 6.45) is 0.691. The van der Waals surface area contributed by atoms with Gasteiger partial charge in [-0.1, -0.05) is 29.3 Å². The molecule has 1 saturated heterocycles. The molecule has 0 saturated carbocycles. The number of methoxy groups -OCH3 is 1. The van der Waals surface area contributed by atoms with Crippen LogP contribution in [0.2, 0.25) is 10.0 Å². The molecule has 1 aliphatic rings. The van der Waals surface area contributed by atoms with E-state index in [1.807, 2.05) is 0 Å². The van der Waals surface area contributed by atoms with Crippen LogP contribution >= 0.6 is 23.2 Å². The Morgan fingerprint density at radius 3 is 2.36 bits per heavy atom. The van der Waals surface area contributed by atoms with Crippen LogP contribution in [0.5, 0.6) is 0 Å². The fraction of sp³-hybridized carbons (Fsp3) is 0.529. The molecule has 0 atom stereocenters. The van der Waals surface area contributed by atoms with Gasteiger partial charge in [0, 0.05) is 32.7 Å². The number of nitrogens with zero attached hydrogens (tertiary/aromatic N) is 1. The third-order valence-electron chi connectivity index (χ3n) is 4.39. The fourth-order valence-corrected chi connectivity index (χ4v) is 5.44. The van der Waals surface area contributed by atoms with E-state index in [4.69, 9.17) is 27.9 Å². The number of benzene rings is 1. The molecule has 1 heterocycles. The van der Waals surface area contributed by atoms with E-state index in [0.717, 1.165) is 0 Å². The van der Waals surface area contributed by atoms with E-state index in [1.54, 1.807) is 6.07 Å². The molecule has 2 amide bonds. The minimum Gasteiger partial charge on any atom is -0.383 e. The second-order valence-electron chi connectivity index (χ2n) is 6.29. The van der Waals surface area contributed by atoms with E-state index in [2.05, 4.69) is 10.6 Å². The number of ether oxygens (including phenoxy) is 1. The number of hydrogen-bond acceptors (Lipinski definition) is 5. The first-order valence-corrected chi connectivity index (χ1v) is 10.9. The maximum absolute atomic E-state index is 12.8. The summed E-state index contributed by atoms with van der Waals surface area (Å²) in [4.78, 5) is 23.7. The third-order valence-corrected chi connectivity index (χ3v) is 7.25. The second kappa shape index (κ2) is 10.4. The lowest BCUT2D eigenvalue weighted by Crippen LogP contribution is -2.45. The van der Waals surface area contributed by atoms with Crippen LogP contribution in [0.15, 0.2) is 23.1 Å². The molecule has 0 spiro atoms. The second-order valence-corrected chi connectivity index (χ2v) is 8.98. The standard InChI is InChI=1S/C17H23Cl2N3O5S/c1-27-10-7-20-15(23)11-21-17(24)12-5-8-22(9-6-12)28(25,26)16-13(18)3-2-4-14(16)19/h2-4,12H,5-11H2,1H3,(H,20,23)(H,21,24). The van der Waals surface area contributed by atoms with E-state index >= 15 is 0 Å². The normalized spacial score (nSPS) is 16.0. The van der Waals surface area contributed by atoms with Crippen molar-refractivity contribution in [3.8, 4) is 0 Å². The van der Waals surface area contributed by atoms with Crippen LogP contribution < -0.4 is 10.6 Å². The maximum atomic E-state index is 12.8. The number of rotatable bonds is 8. The summed E-state index contributed by atoms with van der Waals surface area (Å²) in [5.41, 5.74) is 0. The Morgan fingerprint density at radius 2 is 1.79 bits per heavy atom. The quantitative estimate of drug-likeness (QED) is 0.579. The third kappa shape index (κ3) is 5.81. The average Bonchev–Trinajstić information content (AvgIpc) is 2.66. The SMILES string of the molecule is COCCNC(=O)CNC(=O)C1CCN(S(=O)(=O)c2c(Cl)cccc2Cl)CC1. The van der Waals surface area contributed by atoms with Crippen molar-refractivity contribution >= 4 is 45.0 Å². The summed E-state index contributed by atoms with van der Waals surface area (Å²) >= 11 is 12.1. The average molecular weight is 452 g/mol. The summed E-state index contributed by atoms with van der Waals surface area (Å²) in [5, 5.41) is 5.31. The van der Waals surface area contributed by atoms with Gasteiger partial charge in [-0.25, -0.2) is 8.42 Å². The zero-order chi connectivity index (χ0) is 20.7. The van der Waals surface area contributed by atoms with Crippen molar-refractivity contribution < 1.29 is 22.7 Å². The van der Waals surface area contributed by atoms with Gasteiger partial charge >= 0.3 is 0 Å². The van der Waals surface area contributed by atoms with Crippen LogP contribution in [0.25, 0.3) is 0 Å². The molecule has 11 heteroatoms. The molecule has 1 aromatic carbocycles. The zero-order valence-corrected chi connectivity index (χ0v) is 17.7. The molecule has 0 radical (unpaired) electrons. The Morgan fingerprint density at radius 1 is 1.18 bits per heavy atom. The number of halogens is 2. The molecule has 1 aliphatic heterocycles. The summed E-state index contributed by atoms with van der Waals surface area (Å²) in [6, 6.07) is 4.52. The molecule has 0 unspecified atom stereocenters. The number of nitrogens with one attached hydrogen (secondary N) is 2.